The van der Waals surface area contributed by atoms with E-state index in [0.29, 0.717) is 6.42 Å². The van der Waals surface area contributed by atoms with Crippen LogP contribution in [0, 0.1) is 5.82 Å². The van der Waals surface area contributed by atoms with Crippen LogP contribution < -0.4 is 9.62 Å². The number of hydrogen-bond acceptors (Lipinski definition) is 4. The van der Waals surface area contributed by atoms with Gasteiger partial charge in [-0.1, -0.05) is 56.3 Å². The summed E-state index contributed by atoms with van der Waals surface area (Å²) in [7, 11) is -3.75. The maximum absolute atomic E-state index is 14.3. The van der Waals surface area contributed by atoms with Crippen LogP contribution in [0.2, 0.25) is 0 Å². The molecule has 0 aromatic heterocycles. The zero-order valence-corrected chi connectivity index (χ0v) is 21.7. The largest absolute Gasteiger partial charge is 0.352 e. The molecule has 0 fully saturated rings. The van der Waals surface area contributed by atoms with Gasteiger partial charge in [-0.25, -0.2) is 12.8 Å². The normalized spacial score (nSPS) is 13.1. The van der Waals surface area contributed by atoms with Crippen LogP contribution >= 0.6 is 0 Å². The van der Waals surface area contributed by atoms with Crippen molar-refractivity contribution in [1.29, 1.82) is 0 Å². The maximum Gasteiger partial charge on any atom is 0.243 e. The van der Waals surface area contributed by atoms with Crippen molar-refractivity contribution in [2.45, 2.75) is 65.1 Å². The average Bonchev–Trinajstić information content (AvgIpc) is 2.82. The van der Waals surface area contributed by atoms with Crippen LogP contribution in [0.1, 0.15) is 52.0 Å². The summed E-state index contributed by atoms with van der Waals surface area (Å²) >= 11 is 0. The van der Waals surface area contributed by atoms with Crippen molar-refractivity contribution in [1.82, 2.24) is 10.2 Å². The van der Waals surface area contributed by atoms with E-state index in [1.54, 1.807) is 11.0 Å². The van der Waals surface area contributed by atoms with Gasteiger partial charge in [0.15, 0.2) is 0 Å². The summed E-state index contributed by atoms with van der Waals surface area (Å²) in [6.45, 7) is 5.95. The van der Waals surface area contributed by atoms with Crippen LogP contribution in [0.3, 0.4) is 0 Å². The Labute approximate surface area is 208 Å². The van der Waals surface area contributed by atoms with Gasteiger partial charge in [-0.2, -0.15) is 0 Å². The molecule has 0 bridgehead atoms. The molecule has 0 aliphatic heterocycles. The summed E-state index contributed by atoms with van der Waals surface area (Å²) in [6, 6.07) is 14.4. The fraction of sp³-hybridized carbons (Fsp3) is 0.462. The summed E-state index contributed by atoms with van der Waals surface area (Å²) in [4.78, 5) is 27.9. The third-order valence-electron chi connectivity index (χ3n) is 5.86. The molecular weight excluding hydrogens is 469 g/mol. The molecule has 0 saturated heterocycles. The Bertz CT molecular complexity index is 1080. The fourth-order valence-electron chi connectivity index (χ4n) is 3.78. The topological polar surface area (TPSA) is 86.8 Å². The van der Waals surface area contributed by atoms with Crippen molar-refractivity contribution < 1.29 is 22.4 Å². The molecule has 0 saturated carbocycles. The average molecular weight is 506 g/mol. The monoisotopic (exact) mass is 505 g/mol. The minimum Gasteiger partial charge on any atom is -0.352 e. The second-order valence-electron chi connectivity index (χ2n) is 8.64. The predicted octanol–water partition coefficient (Wildman–Crippen LogP) is 4.09. The first-order chi connectivity index (χ1) is 16.6. The highest BCUT2D eigenvalue weighted by molar-refractivity contribution is 7.92. The number of sulfonamides is 1. The van der Waals surface area contributed by atoms with E-state index in [-0.39, 0.29) is 49.5 Å². The highest BCUT2D eigenvalue weighted by atomic mass is 32.2. The summed E-state index contributed by atoms with van der Waals surface area (Å²) in [5.41, 5.74) is 0.836. The smallest absolute Gasteiger partial charge is 0.243 e. The van der Waals surface area contributed by atoms with Crippen molar-refractivity contribution in [2.75, 3.05) is 17.1 Å². The number of nitrogens with one attached hydrogen (secondary N) is 1. The van der Waals surface area contributed by atoms with Gasteiger partial charge in [-0.3, -0.25) is 13.9 Å². The molecule has 2 aromatic rings. The van der Waals surface area contributed by atoms with Crippen LogP contribution in [0.4, 0.5) is 10.1 Å². The SMILES string of the molecule is CC[C@H](C)NC(=O)[C@H](CC)N(Cc1ccccc1)C(=O)CCCN(c1ccccc1F)S(C)(=O)=O. The predicted molar refractivity (Wildman–Crippen MR) is 137 cm³/mol. The molecule has 2 rings (SSSR count). The molecule has 0 aliphatic rings. The van der Waals surface area contributed by atoms with Crippen molar-refractivity contribution in [3.8, 4) is 0 Å². The second kappa shape index (κ2) is 13.2. The first-order valence-corrected chi connectivity index (χ1v) is 13.8. The zero-order chi connectivity index (χ0) is 26.0. The third kappa shape index (κ3) is 8.35. The standard InChI is InChI=1S/C26H36FN3O4S/c1-5-20(3)28-26(32)23(6-2)29(19-21-13-8-7-9-14-21)25(31)17-12-18-30(35(4,33)34)24-16-11-10-15-22(24)27/h7-11,13-16,20,23H,5-6,12,17-19H2,1-4H3,(H,28,32)/t20-,23-/m0/s1. The lowest BCUT2D eigenvalue weighted by atomic mass is 10.1. The van der Waals surface area contributed by atoms with Crippen molar-refractivity contribution >= 4 is 27.5 Å². The summed E-state index contributed by atoms with van der Waals surface area (Å²) in [5, 5.41) is 2.96. The second-order valence-corrected chi connectivity index (χ2v) is 10.5. The van der Waals surface area contributed by atoms with E-state index in [0.717, 1.165) is 22.5 Å². The highest BCUT2D eigenvalue weighted by Crippen LogP contribution is 2.22. The lowest BCUT2D eigenvalue weighted by Crippen LogP contribution is -2.50. The molecule has 0 aliphatic carbocycles. The Balaban J connectivity index is 2.20. The van der Waals surface area contributed by atoms with Gasteiger partial charge in [0.2, 0.25) is 21.8 Å². The molecule has 0 spiro atoms. The van der Waals surface area contributed by atoms with E-state index in [1.165, 1.54) is 18.2 Å². The van der Waals surface area contributed by atoms with E-state index in [9.17, 15) is 22.4 Å². The van der Waals surface area contributed by atoms with E-state index in [1.807, 2.05) is 51.1 Å². The molecule has 0 unspecified atom stereocenters. The van der Waals surface area contributed by atoms with Crippen molar-refractivity contribution in [2.24, 2.45) is 0 Å². The Kier molecular flexibility index (Phi) is 10.7. The van der Waals surface area contributed by atoms with Gasteiger partial charge in [0.25, 0.3) is 0 Å². The lowest BCUT2D eigenvalue weighted by Gasteiger charge is -2.32. The number of para-hydroxylation sites is 1. The summed E-state index contributed by atoms with van der Waals surface area (Å²) in [5.74, 6) is -1.13. The molecule has 2 amide bonds. The number of nitrogens with zero attached hydrogens (tertiary/aromatic N) is 2. The molecule has 9 heteroatoms. The number of rotatable bonds is 13. The summed E-state index contributed by atoms with van der Waals surface area (Å²) in [6.07, 6.45) is 2.41. The van der Waals surface area contributed by atoms with Gasteiger partial charge in [-0.05, 0) is 43.9 Å². The van der Waals surface area contributed by atoms with E-state index in [4.69, 9.17) is 0 Å². The molecule has 7 nitrogen and oxygen atoms in total. The molecule has 0 heterocycles. The first-order valence-electron chi connectivity index (χ1n) is 11.9. The minimum atomic E-state index is -3.75. The van der Waals surface area contributed by atoms with Gasteiger partial charge in [0.1, 0.15) is 11.9 Å². The van der Waals surface area contributed by atoms with Crippen LogP contribution in [0.15, 0.2) is 54.6 Å². The van der Waals surface area contributed by atoms with Crippen molar-refractivity contribution in [3.05, 3.63) is 66.0 Å². The van der Waals surface area contributed by atoms with Gasteiger partial charge in [0, 0.05) is 25.6 Å². The third-order valence-corrected chi connectivity index (χ3v) is 7.04. The number of amides is 2. The number of carbonyl (C=O) groups excluding carboxylic acids is 2. The molecular formula is C26H36FN3O4S. The van der Waals surface area contributed by atoms with E-state index in [2.05, 4.69) is 5.32 Å². The number of carbonyl (C=O) groups is 2. The number of benzene rings is 2. The molecule has 35 heavy (non-hydrogen) atoms. The minimum absolute atomic E-state index is 0.0143. The van der Waals surface area contributed by atoms with E-state index < -0.39 is 21.9 Å². The van der Waals surface area contributed by atoms with Gasteiger partial charge < -0.3 is 10.2 Å². The Hall–Kier alpha value is -2.94. The number of halogens is 1. The molecule has 192 valence electrons. The van der Waals surface area contributed by atoms with Gasteiger partial charge in [-0.15, -0.1) is 0 Å². The molecule has 0 radical (unpaired) electrons. The molecule has 1 N–H and O–H groups in total. The van der Waals surface area contributed by atoms with Crippen LogP contribution in [-0.4, -0.2) is 50.0 Å². The Morgan fingerprint density at radius 3 is 2.20 bits per heavy atom. The maximum atomic E-state index is 14.3. The van der Waals surface area contributed by atoms with Crippen LogP contribution in [0.25, 0.3) is 0 Å². The Morgan fingerprint density at radius 1 is 1.00 bits per heavy atom. The highest BCUT2D eigenvalue weighted by Gasteiger charge is 2.29. The van der Waals surface area contributed by atoms with Gasteiger partial charge in [0.05, 0.1) is 11.9 Å². The van der Waals surface area contributed by atoms with Crippen molar-refractivity contribution in [3.63, 3.8) is 0 Å². The number of hydrogen-bond donors (Lipinski definition) is 1. The molecule has 2 aromatic carbocycles. The lowest BCUT2D eigenvalue weighted by molar-refractivity contribution is -0.141. The summed E-state index contributed by atoms with van der Waals surface area (Å²) < 4.78 is 39.9. The molecule has 2 atom stereocenters. The van der Waals surface area contributed by atoms with Gasteiger partial charge >= 0.3 is 0 Å². The zero-order valence-electron chi connectivity index (χ0n) is 20.9. The quantitative estimate of drug-likeness (QED) is 0.444. The number of anilines is 1. The van der Waals surface area contributed by atoms with Crippen LogP contribution in [-0.2, 0) is 26.2 Å². The van der Waals surface area contributed by atoms with Crippen LogP contribution in [0.5, 0.6) is 0 Å². The fourth-order valence-corrected chi connectivity index (χ4v) is 4.74. The Morgan fingerprint density at radius 2 is 1.63 bits per heavy atom. The van der Waals surface area contributed by atoms with E-state index >= 15 is 0 Å². The first kappa shape index (κ1) is 28.3.